The second kappa shape index (κ2) is 5.89. The highest BCUT2D eigenvalue weighted by atomic mass is 35.5. The van der Waals surface area contributed by atoms with Gasteiger partial charge in [0.05, 0.1) is 0 Å². The number of nitrogens with two attached hydrogens (primary N) is 1. The van der Waals surface area contributed by atoms with Gasteiger partial charge in [-0.3, -0.25) is 4.79 Å². The number of hydrogen-bond acceptors (Lipinski definition) is 3. The largest absolute Gasteiger partial charge is 0.481 e. The SMILES string of the molecule is CNC(=O)C(C)Oc1ccc(Cl)cc1C(C)N. The minimum atomic E-state index is -0.571. The monoisotopic (exact) mass is 256 g/mol. The Balaban J connectivity index is 2.94. The van der Waals surface area contributed by atoms with Crippen molar-refractivity contribution in [2.24, 2.45) is 5.73 Å². The number of benzene rings is 1. The summed E-state index contributed by atoms with van der Waals surface area (Å²) in [5.41, 5.74) is 6.61. The Hall–Kier alpha value is -1.26. The fourth-order valence-electron chi connectivity index (χ4n) is 1.43. The van der Waals surface area contributed by atoms with Crippen LogP contribution >= 0.6 is 11.6 Å². The van der Waals surface area contributed by atoms with Crippen molar-refractivity contribution < 1.29 is 9.53 Å². The molecule has 1 aromatic carbocycles. The van der Waals surface area contributed by atoms with Gasteiger partial charge in [-0.05, 0) is 32.0 Å². The van der Waals surface area contributed by atoms with Gasteiger partial charge in [0.1, 0.15) is 5.75 Å². The van der Waals surface area contributed by atoms with E-state index in [2.05, 4.69) is 5.32 Å². The first-order valence-electron chi connectivity index (χ1n) is 5.39. The molecule has 0 spiro atoms. The lowest BCUT2D eigenvalue weighted by molar-refractivity contribution is -0.126. The number of likely N-dealkylation sites (N-methyl/N-ethyl adjacent to an activating group) is 1. The van der Waals surface area contributed by atoms with E-state index in [-0.39, 0.29) is 11.9 Å². The third-order valence-electron chi connectivity index (χ3n) is 2.38. The summed E-state index contributed by atoms with van der Waals surface area (Å²) in [6, 6.07) is 4.97. The third-order valence-corrected chi connectivity index (χ3v) is 2.62. The maximum atomic E-state index is 11.4. The number of carbonyl (C=O) groups excluding carboxylic acids is 1. The molecule has 1 amide bonds. The molecule has 0 aliphatic rings. The van der Waals surface area contributed by atoms with Crippen molar-refractivity contribution in [2.45, 2.75) is 26.0 Å². The second-order valence-corrected chi connectivity index (χ2v) is 4.28. The normalized spacial score (nSPS) is 13.9. The summed E-state index contributed by atoms with van der Waals surface area (Å²) in [6.07, 6.45) is -0.571. The number of rotatable bonds is 4. The predicted molar refractivity (Wildman–Crippen MR) is 68.2 cm³/mol. The Morgan fingerprint density at radius 3 is 2.65 bits per heavy atom. The highest BCUT2D eigenvalue weighted by Crippen LogP contribution is 2.27. The predicted octanol–water partition coefficient (Wildman–Crippen LogP) is 1.87. The molecule has 1 aromatic rings. The highest BCUT2D eigenvalue weighted by Gasteiger charge is 2.16. The Bertz CT molecular complexity index is 407. The Morgan fingerprint density at radius 1 is 1.47 bits per heavy atom. The summed E-state index contributed by atoms with van der Waals surface area (Å²) < 4.78 is 5.56. The molecule has 0 bridgehead atoms. The van der Waals surface area contributed by atoms with Gasteiger partial charge in [0, 0.05) is 23.7 Å². The zero-order valence-corrected chi connectivity index (χ0v) is 10.9. The quantitative estimate of drug-likeness (QED) is 0.865. The van der Waals surface area contributed by atoms with Gasteiger partial charge in [-0.1, -0.05) is 11.6 Å². The topological polar surface area (TPSA) is 64.3 Å². The maximum Gasteiger partial charge on any atom is 0.260 e. The zero-order chi connectivity index (χ0) is 13.0. The van der Waals surface area contributed by atoms with Crippen LogP contribution in [0.15, 0.2) is 18.2 Å². The molecule has 1 rings (SSSR count). The van der Waals surface area contributed by atoms with E-state index in [9.17, 15) is 4.79 Å². The van der Waals surface area contributed by atoms with Crippen LogP contribution in [0.3, 0.4) is 0 Å². The molecule has 0 fully saturated rings. The van der Waals surface area contributed by atoms with Gasteiger partial charge < -0.3 is 15.8 Å². The zero-order valence-electron chi connectivity index (χ0n) is 10.2. The van der Waals surface area contributed by atoms with Crippen LogP contribution in [0.4, 0.5) is 0 Å². The van der Waals surface area contributed by atoms with Crippen LogP contribution in [0.1, 0.15) is 25.5 Å². The molecule has 17 heavy (non-hydrogen) atoms. The van der Waals surface area contributed by atoms with Crippen molar-refractivity contribution in [1.82, 2.24) is 5.32 Å². The minimum absolute atomic E-state index is 0.185. The van der Waals surface area contributed by atoms with E-state index < -0.39 is 6.10 Å². The summed E-state index contributed by atoms with van der Waals surface area (Å²) >= 11 is 5.90. The summed E-state index contributed by atoms with van der Waals surface area (Å²) in [4.78, 5) is 11.4. The summed E-state index contributed by atoms with van der Waals surface area (Å²) in [6.45, 7) is 3.52. The third kappa shape index (κ3) is 3.61. The van der Waals surface area contributed by atoms with E-state index in [4.69, 9.17) is 22.1 Å². The molecular weight excluding hydrogens is 240 g/mol. The molecule has 0 aliphatic heterocycles. The van der Waals surface area contributed by atoms with E-state index in [0.29, 0.717) is 10.8 Å². The average molecular weight is 257 g/mol. The lowest BCUT2D eigenvalue weighted by atomic mass is 10.1. The Labute approximate surface area is 106 Å². The Morgan fingerprint density at radius 2 is 2.12 bits per heavy atom. The van der Waals surface area contributed by atoms with Crippen LogP contribution in [0.2, 0.25) is 5.02 Å². The minimum Gasteiger partial charge on any atom is -0.481 e. The molecule has 0 saturated heterocycles. The van der Waals surface area contributed by atoms with Crippen molar-refractivity contribution in [3.63, 3.8) is 0 Å². The molecule has 2 unspecified atom stereocenters. The van der Waals surface area contributed by atoms with Crippen molar-refractivity contribution in [2.75, 3.05) is 7.05 Å². The van der Waals surface area contributed by atoms with Gasteiger partial charge in [0.2, 0.25) is 0 Å². The van der Waals surface area contributed by atoms with Gasteiger partial charge in [0.25, 0.3) is 5.91 Å². The molecule has 5 heteroatoms. The Kier molecular flexibility index (Phi) is 4.78. The first kappa shape index (κ1) is 13.8. The number of halogens is 1. The number of hydrogen-bond donors (Lipinski definition) is 2. The second-order valence-electron chi connectivity index (χ2n) is 3.85. The van der Waals surface area contributed by atoms with Crippen molar-refractivity contribution >= 4 is 17.5 Å². The van der Waals surface area contributed by atoms with Crippen LogP contribution in [-0.4, -0.2) is 19.1 Å². The van der Waals surface area contributed by atoms with Crippen LogP contribution in [0.25, 0.3) is 0 Å². The van der Waals surface area contributed by atoms with Gasteiger partial charge >= 0.3 is 0 Å². The molecule has 94 valence electrons. The van der Waals surface area contributed by atoms with E-state index in [1.165, 1.54) is 0 Å². The van der Waals surface area contributed by atoms with Crippen molar-refractivity contribution in [3.05, 3.63) is 28.8 Å². The lowest BCUT2D eigenvalue weighted by Gasteiger charge is -2.18. The van der Waals surface area contributed by atoms with E-state index in [1.54, 1.807) is 32.2 Å². The molecule has 0 heterocycles. The number of amides is 1. The molecule has 0 aromatic heterocycles. The van der Waals surface area contributed by atoms with Crippen LogP contribution < -0.4 is 15.8 Å². The van der Waals surface area contributed by atoms with Crippen molar-refractivity contribution in [1.29, 1.82) is 0 Å². The molecule has 0 saturated carbocycles. The van der Waals surface area contributed by atoms with Crippen LogP contribution in [-0.2, 0) is 4.79 Å². The first-order chi connectivity index (χ1) is 7.95. The molecule has 0 aliphatic carbocycles. The molecule has 2 atom stereocenters. The summed E-state index contributed by atoms with van der Waals surface area (Å²) in [5, 5.41) is 3.12. The maximum absolute atomic E-state index is 11.4. The fraction of sp³-hybridized carbons (Fsp3) is 0.417. The smallest absolute Gasteiger partial charge is 0.260 e. The first-order valence-corrected chi connectivity index (χ1v) is 5.76. The summed E-state index contributed by atoms with van der Waals surface area (Å²) in [7, 11) is 1.57. The van der Waals surface area contributed by atoms with E-state index >= 15 is 0 Å². The average Bonchev–Trinajstić information content (AvgIpc) is 2.29. The molecule has 3 N–H and O–H groups in total. The number of carbonyl (C=O) groups is 1. The van der Waals surface area contributed by atoms with Gasteiger partial charge in [-0.2, -0.15) is 0 Å². The van der Waals surface area contributed by atoms with E-state index in [0.717, 1.165) is 5.56 Å². The number of nitrogens with one attached hydrogen (secondary N) is 1. The highest BCUT2D eigenvalue weighted by molar-refractivity contribution is 6.30. The van der Waals surface area contributed by atoms with Gasteiger partial charge in [-0.25, -0.2) is 0 Å². The standard InChI is InChI=1S/C12H17ClN2O2/c1-7(14)10-6-9(13)4-5-11(10)17-8(2)12(16)15-3/h4-8H,14H2,1-3H3,(H,15,16). The molecule has 0 radical (unpaired) electrons. The fourth-order valence-corrected chi connectivity index (χ4v) is 1.61. The molecule has 4 nitrogen and oxygen atoms in total. The molecular formula is C12H17ClN2O2. The van der Waals surface area contributed by atoms with Crippen molar-refractivity contribution in [3.8, 4) is 5.75 Å². The van der Waals surface area contributed by atoms with Gasteiger partial charge in [0.15, 0.2) is 6.10 Å². The van der Waals surface area contributed by atoms with E-state index in [1.807, 2.05) is 6.92 Å². The lowest BCUT2D eigenvalue weighted by Crippen LogP contribution is -2.34. The summed E-state index contributed by atoms with van der Waals surface area (Å²) in [5.74, 6) is 0.399. The van der Waals surface area contributed by atoms with Gasteiger partial charge in [-0.15, -0.1) is 0 Å². The van der Waals surface area contributed by atoms with Crippen LogP contribution in [0.5, 0.6) is 5.75 Å². The van der Waals surface area contributed by atoms with Crippen LogP contribution in [0, 0.1) is 0 Å². The number of ether oxygens (including phenoxy) is 1.